The van der Waals surface area contributed by atoms with E-state index in [4.69, 9.17) is 4.74 Å². The summed E-state index contributed by atoms with van der Waals surface area (Å²) in [7, 11) is 0. The predicted molar refractivity (Wildman–Crippen MR) is 164 cm³/mol. The Kier molecular flexibility index (Phi) is 9.66. The van der Waals surface area contributed by atoms with Gasteiger partial charge in [0.05, 0.1) is 0 Å². The SMILES string of the molecule is C[C@H](NC(=O)[C@@](C)(C(=O)OC(C)(C)C)N(c1ccccc1)c1ccccc1)C(=O)N1CCC[C@H]1C(=O)N1CCC[C@H]1C(=O)O. The lowest BCUT2D eigenvalue weighted by molar-refractivity contribution is -0.164. The average Bonchev–Trinajstić information content (AvgIpc) is 3.67. The molecule has 2 fully saturated rings. The van der Waals surface area contributed by atoms with Gasteiger partial charge in [-0.3, -0.25) is 14.4 Å². The number of carbonyl (C=O) groups excluding carboxylic acids is 4. The van der Waals surface area contributed by atoms with Crippen LogP contribution in [0.3, 0.4) is 0 Å². The van der Waals surface area contributed by atoms with E-state index in [1.54, 1.807) is 74.2 Å². The number of hydrogen-bond acceptors (Lipinski definition) is 7. The molecule has 0 unspecified atom stereocenters. The molecule has 2 N–H and O–H groups in total. The molecule has 0 saturated carbocycles. The summed E-state index contributed by atoms with van der Waals surface area (Å²) < 4.78 is 5.79. The van der Waals surface area contributed by atoms with Crippen molar-refractivity contribution in [3.05, 3.63) is 60.7 Å². The molecule has 4 rings (SSSR count). The highest BCUT2D eigenvalue weighted by Gasteiger charge is 2.51. The number of esters is 1. The zero-order valence-electron chi connectivity index (χ0n) is 26.0. The van der Waals surface area contributed by atoms with Gasteiger partial charge in [-0.25, -0.2) is 9.59 Å². The number of amides is 3. The van der Waals surface area contributed by atoms with Crippen LogP contribution >= 0.6 is 0 Å². The second-order valence-electron chi connectivity index (χ2n) is 12.5. The van der Waals surface area contributed by atoms with Gasteiger partial charge in [-0.05, 0) is 84.6 Å². The van der Waals surface area contributed by atoms with Crippen LogP contribution in [0.25, 0.3) is 0 Å². The summed E-state index contributed by atoms with van der Waals surface area (Å²) in [4.78, 5) is 71.5. The van der Waals surface area contributed by atoms with Gasteiger partial charge in [0.2, 0.25) is 17.4 Å². The van der Waals surface area contributed by atoms with E-state index in [0.29, 0.717) is 50.1 Å². The van der Waals surface area contributed by atoms with E-state index in [2.05, 4.69) is 5.32 Å². The molecule has 2 aliphatic heterocycles. The number of likely N-dealkylation sites (tertiary alicyclic amines) is 2. The van der Waals surface area contributed by atoms with Gasteiger partial charge >= 0.3 is 11.9 Å². The number of para-hydroxylation sites is 2. The van der Waals surface area contributed by atoms with Crippen molar-refractivity contribution in [2.45, 2.75) is 89.6 Å². The zero-order chi connectivity index (χ0) is 32.2. The second-order valence-corrected chi connectivity index (χ2v) is 12.5. The minimum absolute atomic E-state index is 0.296. The molecule has 236 valence electrons. The van der Waals surface area contributed by atoms with Crippen molar-refractivity contribution in [2.75, 3.05) is 18.0 Å². The average molecular weight is 607 g/mol. The molecular formula is C33H42N4O7. The third kappa shape index (κ3) is 6.71. The Hall–Kier alpha value is -4.41. The number of benzene rings is 2. The van der Waals surface area contributed by atoms with Crippen molar-refractivity contribution in [3.8, 4) is 0 Å². The van der Waals surface area contributed by atoms with Gasteiger partial charge in [-0.15, -0.1) is 0 Å². The molecule has 3 amide bonds. The Morgan fingerprint density at radius 1 is 0.841 bits per heavy atom. The Labute approximate surface area is 258 Å². The Morgan fingerprint density at radius 2 is 1.34 bits per heavy atom. The van der Waals surface area contributed by atoms with Gasteiger partial charge in [-0.2, -0.15) is 0 Å². The summed E-state index contributed by atoms with van der Waals surface area (Å²) in [5, 5.41) is 12.3. The number of carboxylic acid groups (broad SMARTS) is 1. The maximum Gasteiger partial charge on any atom is 0.342 e. The topological polar surface area (TPSA) is 137 Å². The van der Waals surface area contributed by atoms with Crippen LogP contribution in [0.2, 0.25) is 0 Å². The first kappa shape index (κ1) is 32.5. The molecule has 4 atom stereocenters. The fourth-order valence-corrected chi connectivity index (χ4v) is 5.90. The van der Waals surface area contributed by atoms with E-state index in [-0.39, 0.29) is 0 Å². The first-order valence-electron chi connectivity index (χ1n) is 15.0. The molecule has 0 radical (unpaired) electrons. The minimum Gasteiger partial charge on any atom is -0.480 e. The van der Waals surface area contributed by atoms with Crippen molar-refractivity contribution in [3.63, 3.8) is 0 Å². The number of carboxylic acids is 1. The fraction of sp³-hybridized carbons (Fsp3) is 0.485. The van der Waals surface area contributed by atoms with Crippen LogP contribution < -0.4 is 10.2 Å². The van der Waals surface area contributed by atoms with E-state index >= 15 is 0 Å². The first-order valence-corrected chi connectivity index (χ1v) is 15.0. The van der Waals surface area contributed by atoms with Crippen molar-refractivity contribution >= 4 is 41.0 Å². The number of nitrogens with zero attached hydrogens (tertiary/aromatic N) is 3. The number of anilines is 2. The molecule has 2 aromatic rings. The molecule has 2 heterocycles. The highest BCUT2D eigenvalue weighted by Crippen LogP contribution is 2.35. The van der Waals surface area contributed by atoms with Gasteiger partial charge in [0, 0.05) is 24.5 Å². The number of hydrogen-bond donors (Lipinski definition) is 2. The van der Waals surface area contributed by atoms with Crippen LogP contribution in [0.5, 0.6) is 0 Å². The van der Waals surface area contributed by atoms with E-state index in [1.165, 1.54) is 23.6 Å². The molecule has 0 spiro atoms. The standard InChI is InChI=1S/C33H42N4O7/c1-22(27(38)35-20-12-18-25(35)28(39)36-21-13-19-26(36)29(40)41)34-30(42)33(5,31(43)44-32(2,3)4)37(23-14-8-6-9-15-23)24-16-10-7-11-17-24/h6-11,14-17,22,25-26H,12-13,18-21H2,1-5H3,(H,34,42)(H,40,41)/t22-,25-,26-,33-/m0/s1. The van der Waals surface area contributed by atoms with Crippen LogP contribution in [-0.4, -0.2) is 86.9 Å². The molecular weight excluding hydrogens is 564 g/mol. The van der Waals surface area contributed by atoms with Crippen molar-refractivity contribution < 1.29 is 33.8 Å². The number of ether oxygens (including phenoxy) is 1. The van der Waals surface area contributed by atoms with E-state index in [0.717, 1.165) is 0 Å². The molecule has 11 heteroatoms. The predicted octanol–water partition coefficient (Wildman–Crippen LogP) is 3.50. The van der Waals surface area contributed by atoms with Gasteiger partial charge < -0.3 is 29.9 Å². The Balaban J connectivity index is 1.64. The molecule has 11 nitrogen and oxygen atoms in total. The van der Waals surface area contributed by atoms with Gasteiger partial charge in [0.1, 0.15) is 23.7 Å². The number of nitrogens with one attached hydrogen (secondary N) is 1. The van der Waals surface area contributed by atoms with Crippen molar-refractivity contribution in [1.82, 2.24) is 15.1 Å². The zero-order valence-corrected chi connectivity index (χ0v) is 26.0. The number of rotatable bonds is 9. The summed E-state index contributed by atoms with van der Waals surface area (Å²) in [5.41, 5.74) is -1.74. The minimum atomic E-state index is -1.95. The van der Waals surface area contributed by atoms with Crippen LogP contribution in [-0.2, 0) is 28.7 Å². The molecule has 2 aliphatic rings. The van der Waals surface area contributed by atoms with Crippen LogP contribution in [0.1, 0.15) is 60.3 Å². The molecule has 0 aromatic heterocycles. The number of aliphatic carboxylic acids is 1. The molecule has 44 heavy (non-hydrogen) atoms. The highest BCUT2D eigenvalue weighted by molar-refractivity contribution is 6.13. The van der Waals surface area contributed by atoms with Crippen molar-refractivity contribution in [1.29, 1.82) is 0 Å². The third-order valence-electron chi connectivity index (χ3n) is 8.07. The van der Waals surface area contributed by atoms with E-state index in [1.807, 2.05) is 12.1 Å². The van der Waals surface area contributed by atoms with Crippen molar-refractivity contribution in [2.24, 2.45) is 0 Å². The monoisotopic (exact) mass is 606 g/mol. The summed E-state index contributed by atoms with van der Waals surface area (Å²) in [6.45, 7) is 8.74. The summed E-state index contributed by atoms with van der Waals surface area (Å²) in [6.07, 6.45) is 1.93. The van der Waals surface area contributed by atoms with Crippen LogP contribution in [0.15, 0.2) is 60.7 Å². The van der Waals surface area contributed by atoms with Gasteiger partial charge in [0.25, 0.3) is 5.91 Å². The van der Waals surface area contributed by atoms with Gasteiger partial charge in [0.15, 0.2) is 0 Å². The fourth-order valence-electron chi connectivity index (χ4n) is 5.90. The summed E-state index contributed by atoms with van der Waals surface area (Å²) in [5.74, 6) is -3.50. The Morgan fingerprint density at radius 3 is 1.84 bits per heavy atom. The molecule has 2 saturated heterocycles. The quantitative estimate of drug-likeness (QED) is 0.327. The lowest BCUT2D eigenvalue weighted by Crippen LogP contribution is -2.64. The van der Waals surface area contributed by atoms with E-state index in [9.17, 15) is 29.1 Å². The van der Waals surface area contributed by atoms with Crippen LogP contribution in [0.4, 0.5) is 11.4 Å². The molecule has 0 aliphatic carbocycles. The second kappa shape index (κ2) is 13.1. The molecule has 0 bridgehead atoms. The van der Waals surface area contributed by atoms with E-state index < -0.39 is 58.9 Å². The molecule has 2 aromatic carbocycles. The maximum atomic E-state index is 14.3. The van der Waals surface area contributed by atoms with Crippen LogP contribution in [0, 0.1) is 0 Å². The first-order chi connectivity index (χ1) is 20.8. The third-order valence-corrected chi connectivity index (χ3v) is 8.07. The summed E-state index contributed by atoms with van der Waals surface area (Å²) >= 11 is 0. The maximum absolute atomic E-state index is 14.3. The van der Waals surface area contributed by atoms with Gasteiger partial charge in [-0.1, -0.05) is 36.4 Å². The summed E-state index contributed by atoms with van der Waals surface area (Å²) in [6, 6.07) is 15.1. The lowest BCUT2D eigenvalue weighted by Gasteiger charge is -2.41. The highest BCUT2D eigenvalue weighted by atomic mass is 16.6. The smallest absolute Gasteiger partial charge is 0.342 e. The normalized spacial score (nSPS) is 20.4. The number of carbonyl (C=O) groups is 5. The Bertz CT molecular complexity index is 1340. The largest absolute Gasteiger partial charge is 0.480 e. The lowest BCUT2D eigenvalue weighted by atomic mass is 9.95.